The van der Waals surface area contributed by atoms with E-state index in [4.69, 9.17) is 16.3 Å². The van der Waals surface area contributed by atoms with Crippen LogP contribution in [0.3, 0.4) is 0 Å². The summed E-state index contributed by atoms with van der Waals surface area (Å²) < 4.78 is 5.89. The molecule has 0 radical (unpaired) electrons. The summed E-state index contributed by atoms with van der Waals surface area (Å²) in [4.78, 5) is 0. The summed E-state index contributed by atoms with van der Waals surface area (Å²) in [6.07, 6.45) is 14.0. The van der Waals surface area contributed by atoms with E-state index < -0.39 is 0 Å². The molecule has 1 nitrogen and oxygen atoms in total. The highest BCUT2D eigenvalue weighted by Crippen LogP contribution is 2.31. The molecule has 0 heterocycles. The van der Waals surface area contributed by atoms with Crippen LogP contribution in [0.25, 0.3) is 11.1 Å². The Morgan fingerprint density at radius 3 is 1.96 bits per heavy atom. The summed E-state index contributed by atoms with van der Waals surface area (Å²) in [5, 5.41) is 0.701. The first-order chi connectivity index (χ1) is 13.7. The van der Waals surface area contributed by atoms with Crippen molar-refractivity contribution in [3.05, 3.63) is 53.1 Å². The molecule has 0 fully saturated rings. The van der Waals surface area contributed by atoms with Gasteiger partial charge in [-0.1, -0.05) is 107 Å². The summed E-state index contributed by atoms with van der Waals surface area (Å²) in [6.45, 7) is 5.25. The van der Waals surface area contributed by atoms with E-state index in [2.05, 4.69) is 44.2 Å². The smallest absolute Gasteiger partial charge is 0.137 e. The molecular formula is C26H37ClO. The quantitative estimate of drug-likeness (QED) is 0.287. The fourth-order valence-electron chi connectivity index (χ4n) is 3.48. The lowest BCUT2D eigenvalue weighted by molar-refractivity contribution is 0.304. The predicted octanol–water partition coefficient (Wildman–Crippen LogP) is 8.87. The molecule has 0 unspecified atom stereocenters. The number of halogens is 1. The largest absolute Gasteiger partial charge is 0.492 e. The van der Waals surface area contributed by atoms with Crippen molar-refractivity contribution in [1.29, 1.82) is 0 Å². The molecule has 2 rings (SSSR count). The highest BCUT2D eigenvalue weighted by atomic mass is 35.5. The van der Waals surface area contributed by atoms with Gasteiger partial charge >= 0.3 is 0 Å². The van der Waals surface area contributed by atoms with Gasteiger partial charge in [0.2, 0.25) is 0 Å². The second-order valence-electron chi connectivity index (χ2n) is 7.77. The number of rotatable bonds is 14. The molecule has 0 spiro atoms. The van der Waals surface area contributed by atoms with Crippen molar-refractivity contribution in [1.82, 2.24) is 0 Å². The first kappa shape index (κ1) is 22.8. The molecule has 0 amide bonds. The Morgan fingerprint density at radius 1 is 0.679 bits per heavy atom. The van der Waals surface area contributed by atoms with Gasteiger partial charge in [0.15, 0.2) is 0 Å². The van der Waals surface area contributed by atoms with Gasteiger partial charge in [0, 0.05) is 0 Å². The van der Waals surface area contributed by atoms with Crippen LogP contribution in [-0.4, -0.2) is 6.61 Å². The molecule has 0 bridgehead atoms. The number of aryl methyl sites for hydroxylation is 1. The van der Waals surface area contributed by atoms with Gasteiger partial charge in [0.05, 0.1) is 11.6 Å². The molecule has 0 N–H and O–H groups in total. The first-order valence-corrected chi connectivity index (χ1v) is 11.6. The molecule has 0 aromatic heterocycles. The molecule has 0 aliphatic rings. The molecule has 154 valence electrons. The van der Waals surface area contributed by atoms with Crippen LogP contribution >= 0.6 is 11.6 Å². The average Bonchev–Trinajstić information content (AvgIpc) is 2.72. The van der Waals surface area contributed by atoms with Crippen molar-refractivity contribution in [3.8, 4) is 16.9 Å². The Bertz CT molecular complexity index is 663. The van der Waals surface area contributed by atoms with E-state index in [0.717, 1.165) is 24.3 Å². The fraction of sp³-hybridized carbons (Fsp3) is 0.538. The average molecular weight is 401 g/mol. The summed E-state index contributed by atoms with van der Waals surface area (Å²) in [6, 6.07) is 15.0. The molecule has 2 heteroatoms. The van der Waals surface area contributed by atoms with Gasteiger partial charge in [0.25, 0.3) is 0 Å². The van der Waals surface area contributed by atoms with Gasteiger partial charge in [0.1, 0.15) is 5.75 Å². The van der Waals surface area contributed by atoms with Crippen LogP contribution in [-0.2, 0) is 6.42 Å². The van der Waals surface area contributed by atoms with Crippen molar-refractivity contribution in [2.24, 2.45) is 0 Å². The van der Waals surface area contributed by atoms with Gasteiger partial charge in [-0.2, -0.15) is 0 Å². The van der Waals surface area contributed by atoms with E-state index in [1.54, 1.807) is 0 Å². The van der Waals surface area contributed by atoms with Crippen LogP contribution in [0.15, 0.2) is 42.5 Å². The minimum absolute atomic E-state index is 0.701. The molecular weight excluding hydrogens is 364 g/mol. The summed E-state index contributed by atoms with van der Waals surface area (Å²) in [5.41, 5.74) is 3.78. The number of hydrogen-bond donors (Lipinski definition) is 0. The van der Waals surface area contributed by atoms with Crippen molar-refractivity contribution in [3.63, 3.8) is 0 Å². The summed E-state index contributed by atoms with van der Waals surface area (Å²) in [7, 11) is 0. The topological polar surface area (TPSA) is 9.23 Å². The molecule has 2 aromatic rings. The Balaban J connectivity index is 1.80. The highest BCUT2D eigenvalue weighted by Gasteiger charge is 2.05. The van der Waals surface area contributed by atoms with Crippen LogP contribution in [0.4, 0.5) is 0 Å². The highest BCUT2D eigenvalue weighted by molar-refractivity contribution is 6.32. The van der Waals surface area contributed by atoms with E-state index in [-0.39, 0.29) is 0 Å². The van der Waals surface area contributed by atoms with E-state index in [0.29, 0.717) is 5.02 Å². The SMILES string of the molecule is CCCCCCCCOc1ccc(-c2ccc(CCCCCC)cc2)cc1Cl. The zero-order chi connectivity index (χ0) is 20.0. The first-order valence-electron chi connectivity index (χ1n) is 11.3. The summed E-state index contributed by atoms with van der Waals surface area (Å²) >= 11 is 6.47. The zero-order valence-electron chi connectivity index (χ0n) is 17.8. The Morgan fingerprint density at radius 2 is 1.29 bits per heavy atom. The van der Waals surface area contributed by atoms with E-state index in [1.807, 2.05) is 12.1 Å². The molecule has 0 aliphatic heterocycles. The van der Waals surface area contributed by atoms with Crippen LogP contribution in [0.1, 0.15) is 83.6 Å². The molecule has 0 saturated heterocycles. The maximum absolute atomic E-state index is 6.47. The van der Waals surface area contributed by atoms with Crippen LogP contribution in [0.2, 0.25) is 5.02 Å². The van der Waals surface area contributed by atoms with Crippen LogP contribution in [0, 0.1) is 0 Å². The van der Waals surface area contributed by atoms with E-state index in [9.17, 15) is 0 Å². The summed E-state index contributed by atoms with van der Waals surface area (Å²) in [5.74, 6) is 0.798. The zero-order valence-corrected chi connectivity index (χ0v) is 18.6. The second kappa shape index (κ2) is 13.7. The van der Waals surface area contributed by atoms with E-state index >= 15 is 0 Å². The van der Waals surface area contributed by atoms with E-state index in [1.165, 1.54) is 75.3 Å². The second-order valence-corrected chi connectivity index (χ2v) is 8.18. The van der Waals surface area contributed by atoms with Crippen LogP contribution < -0.4 is 4.74 Å². The minimum atomic E-state index is 0.701. The lowest BCUT2D eigenvalue weighted by Gasteiger charge is -2.10. The molecule has 2 aromatic carbocycles. The Hall–Kier alpha value is -1.47. The molecule has 0 aliphatic carbocycles. The van der Waals surface area contributed by atoms with Crippen molar-refractivity contribution in [2.75, 3.05) is 6.61 Å². The van der Waals surface area contributed by atoms with Gasteiger partial charge in [-0.3, -0.25) is 0 Å². The maximum Gasteiger partial charge on any atom is 0.137 e. The van der Waals surface area contributed by atoms with Gasteiger partial charge in [-0.15, -0.1) is 0 Å². The third-order valence-electron chi connectivity index (χ3n) is 5.29. The number of ether oxygens (including phenoxy) is 1. The third-order valence-corrected chi connectivity index (χ3v) is 5.59. The molecule has 0 saturated carbocycles. The lowest BCUT2D eigenvalue weighted by atomic mass is 10.0. The fourth-order valence-corrected chi connectivity index (χ4v) is 3.72. The van der Waals surface area contributed by atoms with Gasteiger partial charge in [-0.25, -0.2) is 0 Å². The Kier molecular flexibility index (Phi) is 11.1. The van der Waals surface area contributed by atoms with Gasteiger partial charge < -0.3 is 4.74 Å². The monoisotopic (exact) mass is 400 g/mol. The lowest BCUT2D eigenvalue weighted by Crippen LogP contribution is -1.98. The normalized spacial score (nSPS) is 11.0. The molecule has 28 heavy (non-hydrogen) atoms. The predicted molar refractivity (Wildman–Crippen MR) is 124 cm³/mol. The standard InChI is InChI=1S/C26H37ClO/c1-3-5-7-9-10-12-20-28-26-19-18-24(21-25(26)27)23-16-14-22(15-17-23)13-11-8-6-4-2/h14-19,21H,3-13,20H2,1-2H3. The molecule has 0 atom stereocenters. The van der Waals surface area contributed by atoms with Crippen LogP contribution in [0.5, 0.6) is 5.75 Å². The Labute approximate surface area is 177 Å². The third kappa shape index (κ3) is 8.27. The van der Waals surface area contributed by atoms with Crippen molar-refractivity contribution >= 4 is 11.6 Å². The van der Waals surface area contributed by atoms with Gasteiger partial charge in [-0.05, 0) is 48.1 Å². The van der Waals surface area contributed by atoms with Crippen molar-refractivity contribution in [2.45, 2.75) is 84.5 Å². The number of unbranched alkanes of at least 4 members (excludes halogenated alkanes) is 8. The number of hydrogen-bond acceptors (Lipinski definition) is 1. The number of benzene rings is 2. The maximum atomic E-state index is 6.47. The minimum Gasteiger partial charge on any atom is -0.492 e. The van der Waals surface area contributed by atoms with Crippen molar-refractivity contribution < 1.29 is 4.74 Å².